The smallest absolute Gasteiger partial charge is 0.111 e. The van der Waals surface area contributed by atoms with Crippen molar-refractivity contribution in [2.75, 3.05) is 6.61 Å². The van der Waals surface area contributed by atoms with Gasteiger partial charge in [-0.15, -0.1) is 11.3 Å². The molecular weight excluding hydrogens is 220 g/mol. The lowest BCUT2D eigenvalue weighted by Gasteiger charge is -2.35. The molecule has 16 heavy (non-hydrogen) atoms. The molecule has 2 unspecified atom stereocenters. The van der Waals surface area contributed by atoms with Crippen LogP contribution in [-0.4, -0.2) is 18.2 Å². The first kappa shape index (κ1) is 11.6. The minimum absolute atomic E-state index is 0.171. The summed E-state index contributed by atoms with van der Waals surface area (Å²) >= 11 is 1.72. The van der Waals surface area contributed by atoms with Crippen molar-refractivity contribution in [1.29, 1.82) is 5.26 Å². The Balaban J connectivity index is 1.97. The first-order valence-corrected chi connectivity index (χ1v) is 6.42. The average molecular weight is 236 g/mol. The van der Waals surface area contributed by atoms with Crippen LogP contribution in [0.25, 0.3) is 0 Å². The molecule has 1 N–H and O–H groups in total. The molecule has 0 aliphatic carbocycles. The van der Waals surface area contributed by atoms with Crippen molar-refractivity contribution in [2.45, 2.75) is 38.0 Å². The zero-order valence-corrected chi connectivity index (χ0v) is 10.2. The Bertz CT molecular complexity index is 371. The summed E-state index contributed by atoms with van der Waals surface area (Å²) in [5, 5.41) is 14.8. The van der Waals surface area contributed by atoms with Gasteiger partial charge < -0.3 is 4.74 Å². The van der Waals surface area contributed by atoms with E-state index < -0.39 is 5.54 Å². The molecule has 0 bridgehead atoms. The maximum Gasteiger partial charge on any atom is 0.111 e. The van der Waals surface area contributed by atoms with Gasteiger partial charge >= 0.3 is 0 Å². The van der Waals surface area contributed by atoms with Gasteiger partial charge in [0.2, 0.25) is 0 Å². The van der Waals surface area contributed by atoms with Gasteiger partial charge in [0.05, 0.1) is 12.2 Å². The van der Waals surface area contributed by atoms with Crippen molar-refractivity contribution in [1.82, 2.24) is 5.32 Å². The number of hydrogen-bond donors (Lipinski definition) is 1. The molecule has 1 aromatic rings. The Hall–Kier alpha value is -0.890. The van der Waals surface area contributed by atoms with Crippen LogP contribution < -0.4 is 5.32 Å². The van der Waals surface area contributed by atoms with Gasteiger partial charge in [-0.2, -0.15) is 5.26 Å². The highest BCUT2D eigenvalue weighted by Crippen LogP contribution is 2.25. The highest BCUT2D eigenvalue weighted by atomic mass is 32.1. The predicted octanol–water partition coefficient (Wildman–Crippen LogP) is 2.30. The van der Waals surface area contributed by atoms with Crippen LogP contribution in [0, 0.1) is 11.3 Å². The van der Waals surface area contributed by atoms with E-state index in [1.54, 1.807) is 11.3 Å². The lowest BCUT2D eigenvalue weighted by molar-refractivity contribution is -0.00358. The summed E-state index contributed by atoms with van der Waals surface area (Å²) in [5.74, 6) is 0. The van der Waals surface area contributed by atoms with E-state index in [0.29, 0.717) is 6.61 Å². The third kappa shape index (κ3) is 2.62. The van der Waals surface area contributed by atoms with Crippen LogP contribution in [0.1, 0.15) is 24.6 Å². The summed E-state index contributed by atoms with van der Waals surface area (Å²) in [4.78, 5) is 1.27. The monoisotopic (exact) mass is 236 g/mol. The number of nitrogens with one attached hydrogen (secondary N) is 1. The maximum atomic E-state index is 9.32. The molecule has 1 fully saturated rings. The molecule has 1 aromatic heterocycles. The SMILES string of the molecule is CC1CC(C#N)(NCc2cccs2)CCO1. The number of rotatable bonds is 3. The Morgan fingerprint density at radius 3 is 3.25 bits per heavy atom. The standard InChI is InChI=1S/C12H16N2OS/c1-10-7-12(9-13,4-5-15-10)14-8-11-3-2-6-16-11/h2-3,6,10,14H,4-5,7-8H2,1H3. The van der Waals surface area contributed by atoms with Gasteiger partial charge in [0.25, 0.3) is 0 Å². The molecule has 1 aliphatic heterocycles. The third-order valence-corrected chi connectivity index (χ3v) is 3.84. The highest BCUT2D eigenvalue weighted by molar-refractivity contribution is 7.09. The minimum Gasteiger partial charge on any atom is -0.378 e. The molecule has 0 amide bonds. The first-order valence-electron chi connectivity index (χ1n) is 5.54. The molecule has 0 saturated carbocycles. The van der Waals surface area contributed by atoms with Crippen molar-refractivity contribution in [3.8, 4) is 6.07 Å². The van der Waals surface area contributed by atoms with Gasteiger partial charge in [0.1, 0.15) is 5.54 Å². The number of hydrogen-bond acceptors (Lipinski definition) is 4. The summed E-state index contributed by atoms with van der Waals surface area (Å²) < 4.78 is 5.48. The lowest BCUT2D eigenvalue weighted by atomic mass is 9.88. The number of ether oxygens (including phenoxy) is 1. The number of nitrogens with zero attached hydrogens (tertiary/aromatic N) is 1. The Labute approximate surface area is 100 Å². The van der Waals surface area contributed by atoms with Crippen LogP contribution in [0.2, 0.25) is 0 Å². The molecule has 4 heteroatoms. The van der Waals surface area contributed by atoms with Gasteiger partial charge in [-0.05, 0) is 18.4 Å². The van der Waals surface area contributed by atoms with Gasteiger partial charge in [0, 0.05) is 30.9 Å². The van der Waals surface area contributed by atoms with Crippen LogP contribution in [0.15, 0.2) is 17.5 Å². The van der Waals surface area contributed by atoms with Crippen LogP contribution >= 0.6 is 11.3 Å². The third-order valence-electron chi connectivity index (χ3n) is 2.96. The molecule has 0 spiro atoms. The van der Waals surface area contributed by atoms with E-state index in [0.717, 1.165) is 19.4 Å². The number of thiophene rings is 1. The van der Waals surface area contributed by atoms with Crippen LogP contribution in [0.5, 0.6) is 0 Å². The van der Waals surface area contributed by atoms with E-state index in [2.05, 4.69) is 22.8 Å². The van der Waals surface area contributed by atoms with E-state index in [9.17, 15) is 5.26 Å². The van der Waals surface area contributed by atoms with E-state index in [1.165, 1.54) is 4.88 Å². The lowest BCUT2D eigenvalue weighted by Crippen LogP contribution is -2.49. The molecule has 1 saturated heterocycles. The predicted molar refractivity (Wildman–Crippen MR) is 64.2 cm³/mol. The van der Waals surface area contributed by atoms with E-state index in [1.807, 2.05) is 13.0 Å². The van der Waals surface area contributed by atoms with E-state index in [4.69, 9.17) is 4.74 Å². The topological polar surface area (TPSA) is 45.0 Å². The fourth-order valence-electron chi connectivity index (χ4n) is 2.06. The van der Waals surface area contributed by atoms with Gasteiger partial charge in [-0.1, -0.05) is 6.07 Å². The molecule has 1 aliphatic rings. The molecule has 2 atom stereocenters. The second kappa shape index (κ2) is 4.96. The second-order valence-corrected chi connectivity index (χ2v) is 5.29. The first-order chi connectivity index (χ1) is 7.74. The molecule has 2 rings (SSSR count). The summed E-state index contributed by atoms with van der Waals surface area (Å²) in [6, 6.07) is 6.55. The van der Waals surface area contributed by atoms with Crippen molar-refractivity contribution >= 4 is 11.3 Å². The molecule has 0 aromatic carbocycles. The zero-order valence-electron chi connectivity index (χ0n) is 9.40. The largest absolute Gasteiger partial charge is 0.378 e. The van der Waals surface area contributed by atoms with Crippen LogP contribution in [-0.2, 0) is 11.3 Å². The fraction of sp³-hybridized carbons (Fsp3) is 0.583. The number of nitriles is 1. The summed E-state index contributed by atoms with van der Waals surface area (Å²) in [6.45, 7) is 3.47. The summed E-state index contributed by atoms with van der Waals surface area (Å²) in [6.07, 6.45) is 1.72. The molecule has 86 valence electrons. The minimum atomic E-state index is -0.401. The normalized spacial score (nSPS) is 29.9. The van der Waals surface area contributed by atoms with E-state index in [-0.39, 0.29) is 6.10 Å². The second-order valence-electron chi connectivity index (χ2n) is 4.26. The molecule has 2 heterocycles. The average Bonchev–Trinajstić information content (AvgIpc) is 2.79. The van der Waals surface area contributed by atoms with Gasteiger partial charge in [-0.3, -0.25) is 5.32 Å². The molecule has 0 radical (unpaired) electrons. The van der Waals surface area contributed by atoms with Crippen molar-refractivity contribution in [3.05, 3.63) is 22.4 Å². The Kier molecular flexibility index (Phi) is 3.59. The summed E-state index contributed by atoms with van der Waals surface area (Å²) in [7, 11) is 0. The van der Waals surface area contributed by atoms with Crippen LogP contribution in [0.3, 0.4) is 0 Å². The highest BCUT2D eigenvalue weighted by Gasteiger charge is 2.35. The van der Waals surface area contributed by atoms with Crippen molar-refractivity contribution < 1.29 is 4.74 Å². The van der Waals surface area contributed by atoms with Crippen molar-refractivity contribution in [3.63, 3.8) is 0 Å². The van der Waals surface area contributed by atoms with Gasteiger partial charge in [0.15, 0.2) is 0 Å². The van der Waals surface area contributed by atoms with Crippen molar-refractivity contribution in [2.24, 2.45) is 0 Å². The quantitative estimate of drug-likeness (QED) is 0.876. The zero-order chi connectivity index (χ0) is 11.4. The Morgan fingerprint density at radius 2 is 2.62 bits per heavy atom. The van der Waals surface area contributed by atoms with Gasteiger partial charge in [-0.25, -0.2) is 0 Å². The Morgan fingerprint density at radius 1 is 1.75 bits per heavy atom. The van der Waals surface area contributed by atoms with Crippen LogP contribution in [0.4, 0.5) is 0 Å². The van der Waals surface area contributed by atoms with E-state index >= 15 is 0 Å². The molecular formula is C12H16N2OS. The fourth-order valence-corrected chi connectivity index (χ4v) is 2.70. The summed E-state index contributed by atoms with van der Waals surface area (Å²) in [5.41, 5.74) is -0.401. The molecule has 3 nitrogen and oxygen atoms in total. The maximum absolute atomic E-state index is 9.32.